The number of hydrogen-bond acceptors (Lipinski definition) is 5. The zero-order chi connectivity index (χ0) is 15.2. The number of aliphatic carboxylic acids is 1. The maximum atomic E-state index is 10.6. The van der Waals surface area contributed by atoms with Gasteiger partial charge in [0, 0.05) is 12.4 Å². The van der Waals surface area contributed by atoms with E-state index >= 15 is 0 Å². The standard InChI is InChI=1S/C9H9N3O.C2HF3O2/c10-4-7-3-8(6-11-5-7)9-1-2-13-12-9;3-2(4,5)1(6)7/h3,5-6,9,12H,1-2H2;(H,6,7)/t9-;/m1./s1. The fourth-order valence-electron chi connectivity index (χ4n) is 1.34. The van der Waals surface area contributed by atoms with Crippen molar-refractivity contribution in [3.63, 3.8) is 0 Å². The molecule has 1 aliphatic heterocycles. The van der Waals surface area contributed by atoms with E-state index in [2.05, 4.69) is 16.5 Å². The Balaban J connectivity index is 0.000000246. The van der Waals surface area contributed by atoms with E-state index in [1.54, 1.807) is 12.4 Å². The molecule has 0 saturated carbocycles. The van der Waals surface area contributed by atoms with Crippen LogP contribution in [0.15, 0.2) is 18.5 Å². The summed E-state index contributed by atoms with van der Waals surface area (Å²) < 4.78 is 31.7. The van der Waals surface area contributed by atoms with Crippen LogP contribution in [0.1, 0.15) is 23.6 Å². The summed E-state index contributed by atoms with van der Waals surface area (Å²) in [5, 5.41) is 15.8. The van der Waals surface area contributed by atoms with Crippen molar-refractivity contribution in [1.29, 1.82) is 5.26 Å². The van der Waals surface area contributed by atoms with Crippen molar-refractivity contribution >= 4 is 5.97 Å². The Hall–Kier alpha value is -2.18. The zero-order valence-electron chi connectivity index (χ0n) is 10.0. The van der Waals surface area contributed by atoms with Crippen LogP contribution >= 0.6 is 0 Å². The third-order valence-electron chi connectivity index (χ3n) is 2.27. The summed E-state index contributed by atoms with van der Waals surface area (Å²) in [4.78, 5) is 17.9. The third kappa shape index (κ3) is 4.83. The largest absolute Gasteiger partial charge is 0.490 e. The second kappa shape index (κ2) is 6.83. The van der Waals surface area contributed by atoms with Gasteiger partial charge in [0.1, 0.15) is 6.07 Å². The van der Waals surface area contributed by atoms with Crippen molar-refractivity contribution in [3.8, 4) is 6.07 Å². The molecule has 0 aliphatic carbocycles. The first-order valence-corrected chi connectivity index (χ1v) is 5.37. The highest BCUT2D eigenvalue weighted by Gasteiger charge is 2.38. The SMILES string of the molecule is N#Cc1cncc([C@H]2CCON2)c1.O=C(O)C(F)(F)F. The number of carboxylic acids is 1. The van der Waals surface area contributed by atoms with Crippen LogP contribution in [0.3, 0.4) is 0 Å². The molecule has 0 amide bonds. The van der Waals surface area contributed by atoms with Crippen LogP contribution in [0, 0.1) is 11.3 Å². The number of aromatic nitrogens is 1. The maximum Gasteiger partial charge on any atom is 0.490 e. The van der Waals surface area contributed by atoms with Crippen LogP contribution in [-0.2, 0) is 9.63 Å². The quantitative estimate of drug-likeness (QED) is 0.814. The molecule has 2 heterocycles. The molecular formula is C11H10F3N3O3. The van der Waals surface area contributed by atoms with Crippen molar-refractivity contribution in [2.75, 3.05) is 6.61 Å². The zero-order valence-corrected chi connectivity index (χ0v) is 10.0. The first kappa shape index (κ1) is 15.9. The van der Waals surface area contributed by atoms with Gasteiger partial charge in [0.15, 0.2) is 0 Å². The molecule has 0 unspecified atom stereocenters. The Bertz CT molecular complexity index is 508. The van der Waals surface area contributed by atoms with Crippen LogP contribution in [0.2, 0.25) is 0 Å². The van der Waals surface area contributed by atoms with Gasteiger partial charge in [0.25, 0.3) is 0 Å². The number of nitrogens with zero attached hydrogens (tertiary/aromatic N) is 2. The molecule has 20 heavy (non-hydrogen) atoms. The third-order valence-corrected chi connectivity index (χ3v) is 2.27. The Morgan fingerprint density at radius 1 is 1.55 bits per heavy atom. The van der Waals surface area contributed by atoms with Crippen LogP contribution in [0.25, 0.3) is 0 Å². The minimum absolute atomic E-state index is 0.181. The smallest absolute Gasteiger partial charge is 0.475 e. The average molecular weight is 289 g/mol. The van der Waals surface area contributed by atoms with Crippen LogP contribution in [0.5, 0.6) is 0 Å². The number of alkyl halides is 3. The molecule has 0 bridgehead atoms. The van der Waals surface area contributed by atoms with Gasteiger partial charge in [0.2, 0.25) is 0 Å². The molecule has 1 aromatic rings. The van der Waals surface area contributed by atoms with Gasteiger partial charge in [-0.2, -0.15) is 23.9 Å². The maximum absolute atomic E-state index is 10.6. The molecule has 2 rings (SSSR count). The van der Waals surface area contributed by atoms with Crippen molar-refractivity contribution in [2.24, 2.45) is 0 Å². The highest BCUT2D eigenvalue weighted by molar-refractivity contribution is 5.73. The second-order valence-electron chi connectivity index (χ2n) is 3.73. The molecule has 1 fully saturated rings. The Morgan fingerprint density at radius 3 is 2.65 bits per heavy atom. The van der Waals surface area contributed by atoms with E-state index in [1.807, 2.05) is 6.07 Å². The van der Waals surface area contributed by atoms with Crippen LogP contribution in [0.4, 0.5) is 13.2 Å². The Morgan fingerprint density at radius 2 is 2.20 bits per heavy atom. The predicted molar refractivity (Wildman–Crippen MR) is 59.1 cm³/mol. The molecule has 9 heteroatoms. The molecule has 1 saturated heterocycles. The number of hydrogen-bond donors (Lipinski definition) is 2. The molecule has 0 radical (unpaired) electrons. The molecule has 1 aliphatic rings. The summed E-state index contributed by atoms with van der Waals surface area (Å²) in [6.07, 6.45) is -0.844. The van der Waals surface area contributed by atoms with E-state index in [0.717, 1.165) is 12.0 Å². The average Bonchev–Trinajstić information content (AvgIpc) is 2.92. The first-order valence-electron chi connectivity index (χ1n) is 5.37. The number of nitrogens with one attached hydrogen (secondary N) is 1. The summed E-state index contributed by atoms with van der Waals surface area (Å²) in [6.45, 7) is 0.710. The highest BCUT2D eigenvalue weighted by Crippen LogP contribution is 2.20. The van der Waals surface area contributed by atoms with Gasteiger partial charge in [-0.3, -0.25) is 4.98 Å². The van der Waals surface area contributed by atoms with E-state index in [4.69, 9.17) is 20.0 Å². The summed E-state index contributed by atoms with van der Waals surface area (Å²) in [5.74, 6) is -2.76. The van der Waals surface area contributed by atoms with Crippen LogP contribution < -0.4 is 5.48 Å². The lowest BCUT2D eigenvalue weighted by atomic mass is 10.1. The fraction of sp³-hybridized carbons (Fsp3) is 0.364. The first-order chi connectivity index (χ1) is 9.34. The van der Waals surface area contributed by atoms with Crippen molar-refractivity contribution in [2.45, 2.75) is 18.6 Å². The monoisotopic (exact) mass is 289 g/mol. The number of halogens is 3. The van der Waals surface area contributed by atoms with Gasteiger partial charge < -0.3 is 9.94 Å². The number of rotatable bonds is 1. The molecule has 1 aromatic heterocycles. The van der Waals surface area contributed by atoms with E-state index in [0.29, 0.717) is 12.2 Å². The summed E-state index contributed by atoms with van der Waals surface area (Å²) in [5.41, 5.74) is 4.47. The van der Waals surface area contributed by atoms with Gasteiger partial charge in [-0.1, -0.05) is 0 Å². The van der Waals surface area contributed by atoms with Crippen molar-refractivity contribution < 1.29 is 27.9 Å². The van der Waals surface area contributed by atoms with Gasteiger partial charge in [-0.05, 0) is 18.1 Å². The van der Waals surface area contributed by atoms with E-state index in [-0.39, 0.29) is 6.04 Å². The topological polar surface area (TPSA) is 95.2 Å². The number of pyridine rings is 1. The summed E-state index contributed by atoms with van der Waals surface area (Å²) >= 11 is 0. The molecule has 6 nitrogen and oxygen atoms in total. The van der Waals surface area contributed by atoms with Crippen molar-refractivity contribution in [3.05, 3.63) is 29.6 Å². The summed E-state index contributed by atoms with van der Waals surface area (Å²) in [7, 11) is 0. The molecule has 0 aromatic carbocycles. The normalized spacial score (nSPS) is 17.8. The number of hydroxylamine groups is 1. The molecule has 2 N–H and O–H groups in total. The number of nitriles is 1. The van der Waals surface area contributed by atoms with E-state index in [9.17, 15) is 13.2 Å². The lowest BCUT2D eigenvalue weighted by molar-refractivity contribution is -0.192. The van der Waals surface area contributed by atoms with Gasteiger partial charge >= 0.3 is 12.1 Å². The van der Waals surface area contributed by atoms with Gasteiger partial charge in [0.05, 0.1) is 18.2 Å². The predicted octanol–water partition coefficient (Wildman–Crippen LogP) is 1.55. The lowest BCUT2D eigenvalue weighted by Crippen LogP contribution is -2.21. The van der Waals surface area contributed by atoms with Crippen LogP contribution in [-0.4, -0.2) is 28.8 Å². The lowest BCUT2D eigenvalue weighted by Gasteiger charge is -2.07. The highest BCUT2D eigenvalue weighted by atomic mass is 19.4. The minimum atomic E-state index is -5.08. The number of carbonyl (C=O) groups is 1. The van der Waals surface area contributed by atoms with Gasteiger partial charge in [-0.15, -0.1) is 0 Å². The molecule has 1 atom stereocenters. The van der Waals surface area contributed by atoms with E-state index in [1.165, 1.54) is 0 Å². The summed E-state index contributed by atoms with van der Waals surface area (Å²) in [6, 6.07) is 4.07. The van der Waals surface area contributed by atoms with E-state index < -0.39 is 12.1 Å². The Labute approximate surface area is 111 Å². The molecule has 108 valence electrons. The minimum Gasteiger partial charge on any atom is -0.475 e. The van der Waals surface area contributed by atoms with Gasteiger partial charge in [-0.25, -0.2) is 4.79 Å². The second-order valence-corrected chi connectivity index (χ2v) is 3.73. The fourth-order valence-corrected chi connectivity index (χ4v) is 1.34. The molecular weight excluding hydrogens is 279 g/mol. The van der Waals surface area contributed by atoms with Crippen molar-refractivity contribution in [1.82, 2.24) is 10.5 Å². The Kier molecular flexibility index (Phi) is 5.42. The molecule has 0 spiro atoms. The number of carboxylic acid groups (broad SMARTS) is 1.